The zero-order chi connectivity index (χ0) is 27.1. The van der Waals surface area contributed by atoms with Crippen molar-refractivity contribution in [2.45, 2.75) is 70.7 Å². The van der Waals surface area contributed by atoms with Crippen LogP contribution in [-0.2, 0) is 27.0 Å². The van der Waals surface area contributed by atoms with Crippen molar-refractivity contribution in [3.8, 4) is 0 Å². The molecule has 0 aliphatic rings. The van der Waals surface area contributed by atoms with E-state index in [0.717, 1.165) is 16.3 Å². The molecule has 0 aliphatic carbocycles. The van der Waals surface area contributed by atoms with Gasteiger partial charge in [-0.1, -0.05) is 133 Å². The third-order valence-corrected chi connectivity index (χ3v) is 12.5. The Morgan fingerprint density at radius 2 is 1.19 bits per heavy atom. The maximum absolute atomic E-state index is 14.0. The van der Waals surface area contributed by atoms with Gasteiger partial charge in [-0.2, -0.15) is 0 Å². The molecule has 0 saturated carbocycles. The molecule has 196 valence electrons. The number of hydrogen-bond acceptors (Lipinski definition) is 4. The quantitative estimate of drug-likeness (QED) is 0.346. The number of nitrogens with one attached hydrogen (secondary N) is 1. The number of carbonyl (C=O) groups excluding carboxylic acids is 2. The first-order chi connectivity index (χ1) is 17.4. The normalized spacial score (nSPS) is 12.9. The molecule has 1 atom stereocenters. The van der Waals surface area contributed by atoms with Crippen LogP contribution in [0.25, 0.3) is 0 Å². The smallest absolute Gasteiger partial charge is 0.408 e. The van der Waals surface area contributed by atoms with Gasteiger partial charge in [0.1, 0.15) is 12.6 Å². The molecular formula is C31H39NO4Si. The number of rotatable bonds is 8. The predicted octanol–water partition coefficient (Wildman–Crippen LogP) is 6.52. The largest absolute Gasteiger partial charge is 0.512 e. The van der Waals surface area contributed by atoms with Crippen LogP contribution >= 0.6 is 0 Å². The fourth-order valence-corrected chi connectivity index (χ4v) is 11.0. The first-order valence-corrected chi connectivity index (χ1v) is 14.6. The summed E-state index contributed by atoms with van der Waals surface area (Å²) >= 11 is 0. The molecule has 0 spiro atoms. The summed E-state index contributed by atoms with van der Waals surface area (Å²) in [4.78, 5) is 26.8. The van der Waals surface area contributed by atoms with Crippen LogP contribution < -0.4 is 10.5 Å². The molecule has 1 N–H and O–H groups in total. The number of carbonyl (C=O) groups is 2. The molecule has 0 aromatic heterocycles. The highest BCUT2D eigenvalue weighted by molar-refractivity contribution is 6.92. The Labute approximate surface area is 222 Å². The van der Waals surface area contributed by atoms with Gasteiger partial charge in [0.05, 0.1) is 0 Å². The van der Waals surface area contributed by atoms with E-state index in [2.05, 4.69) is 59.0 Å². The van der Waals surface area contributed by atoms with Crippen molar-refractivity contribution < 1.29 is 18.8 Å². The van der Waals surface area contributed by atoms with Crippen LogP contribution in [0.3, 0.4) is 0 Å². The Morgan fingerprint density at radius 1 is 0.730 bits per heavy atom. The Morgan fingerprint density at radius 3 is 1.68 bits per heavy atom. The lowest BCUT2D eigenvalue weighted by Crippen LogP contribution is -2.66. The van der Waals surface area contributed by atoms with Gasteiger partial charge in [0.15, 0.2) is 0 Å². The highest BCUT2D eigenvalue weighted by Gasteiger charge is 2.59. The number of benzene rings is 3. The molecule has 1 amide bonds. The second-order valence-electron chi connectivity index (χ2n) is 11.4. The van der Waals surface area contributed by atoms with Gasteiger partial charge in [-0.3, -0.25) is 4.79 Å². The molecule has 0 unspecified atom stereocenters. The van der Waals surface area contributed by atoms with Crippen LogP contribution in [0.15, 0.2) is 91.0 Å². The monoisotopic (exact) mass is 517 g/mol. The third-order valence-electron chi connectivity index (χ3n) is 6.62. The summed E-state index contributed by atoms with van der Waals surface area (Å²) in [6.45, 7) is 12.9. The van der Waals surface area contributed by atoms with E-state index < -0.39 is 26.4 Å². The van der Waals surface area contributed by atoms with Crippen molar-refractivity contribution in [3.63, 3.8) is 0 Å². The van der Waals surface area contributed by atoms with Crippen LogP contribution in [0, 0.1) is 0 Å². The molecule has 5 nitrogen and oxygen atoms in total. The van der Waals surface area contributed by atoms with Crippen molar-refractivity contribution in [1.82, 2.24) is 5.32 Å². The second-order valence-corrected chi connectivity index (χ2v) is 16.6. The Balaban J connectivity index is 1.92. The fourth-order valence-electron chi connectivity index (χ4n) is 5.20. The summed E-state index contributed by atoms with van der Waals surface area (Å²) in [6, 6.07) is 28.2. The Bertz CT molecular complexity index is 1140. The van der Waals surface area contributed by atoms with Crippen molar-refractivity contribution in [2.24, 2.45) is 0 Å². The van der Waals surface area contributed by atoms with Gasteiger partial charge in [0.2, 0.25) is 0 Å². The molecule has 0 aliphatic heterocycles. The minimum Gasteiger partial charge on any atom is -0.512 e. The molecule has 0 saturated heterocycles. The van der Waals surface area contributed by atoms with Gasteiger partial charge in [-0.05, 0) is 26.4 Å². The molecule has 3 rings (SSSR count). The molecule has 0 heterocycles. The van der Waals surface area contributed by atoms with Gasteiger partial charge >= 0.3 is 12.1 Å². The van der Waals surface area contributed by atoms with Crippen LogP contribution in [-0.4, -0.2) is 26.4 Å². The summed E-state index contributed by atoms with van der Waals surface area (Å²) in [6.07, 6.45) is -0.353. The maximum Gasteiger partial charge on any atom is 0.408 e. The summed E-state index contributed by atoms with van der Waals surface area (Å²) < 4.78 is 12.1. The number of amides is 1. The third kappa shape index (κ3) is 6.89. The zero-order valence-corrected chi connectivity index (χ0v) is 23.8. The van der Waals surface area contributed by atoms with Crippen molar-refractivity contribution in [1.29, 1.82) is 0 Å². The average molecular weight is 518 g/mol. The van der Waals surface area contributed by atoms with Crippen molar-refractivity contribution in [3.05, 3.63) is 102 Å². The predicted molar refractivity (Wildman–Crippen MR) is 151 cm³/mol. The number of hydrogen-bond donors (Lipinski definition) is 1. The second kappa shape index (κ2) is 11.8. The fraction of sp³-hybridized carbons (Fsp3) is 0.355. The molecular weight excluding hydrogens is 478 g/mol. The first kappa shape index (κ1) is 28.2. The summed E-state index contributed by atoms with van der Waals surface area (Å²) in [5.74, 6) is -0.444. The lowest BCUT2D eigenvalue weighted by atomic mass is 10.1. The molecule has 0 fully saturated rings. The van der Waals surface area contributed by atoms with Gasteiger partial charge in [0, 0.05) is 6.42 Å². The van der Waals surface area contributed by atoms with Crippen LogP contribution in [0.4, 0.5) is 4.79 Å². The van der Waals surface area contributed by atoms with Crippen LogP contribution in [0.2, 0.25) is 10.1 Å². The van der Waals surface area contributed by atoms with E-state index >= 15 is 0 Å². The van der Waals surface area contributed by atoms with E-state index in [-0.39, 0.29) is 16.7 Å². The summed E-state index contributed by atoms with van der Waals surface area (Å²) in [7, 11) is -2.98. The van der Waals surface area contributed by atoms with Crippen LogP contribution in [0.5, 0.6) is 0 Å². The van der Waals surface area contributed by atoms with Gasteiger partial charge in [-0.25, -0.2) is 4.79 Å². The molecule has 0 radical (unpaired) electrons. The lowest BCUT2D eigenvalue weighted by molar-refractivity contribution is -0.138. The van der Waals surface area contributed by atoms with Gasteiger partial charge in [0.25, 0.3) is 8.32 Å². The maximum atomic E-state index is 14.0. The minimum absolute atomic E-state index is 0.118. The lowest BCUT2D eigenvalue weighted by Gasteiger charge is -2.50. The SMILES string of the molecule is CC(C)(C)[Si](OC(=O)[C@H](Cc1ccccc1)NC(=O)OCc1ccccc1)(c1ccccc1)C(C)(C)C. The molecule has 3 aromatic rings. The zero-order valence-electron chi connectivity index (χ0n) is 22.8. The first-order valence-electron chi connectivity index (χ1n) is 12.7. The molecule has 0 bridgehead atoms. The highest BCUT2D eigenvalue weighted by atomic mass is 28.4. The van der Waals surface area contributed by atoms with Crippen LogP contribution in [0.1, 0.15) is 52.7 Å². The Hall–Kier alpha value is -3.38. The number of alkyl carbamates (subject to hydrolysis) is 1. The van der Waals surface area contributed by atoms with E-state index in [9.17, 15) is 9.59 Å². The molecule has 6 heteroatoms. The van der Waals surface area contributed by atoms with E-state index in [0.29, 0.717) is 6.42 Å². The molecule has 3 aromatic carbocycles. The van der Waals surface area contributed by atoms with E-state index in [1.54, 1.807) is 0 Å². The van der Waals surface area contributed by atoms with E-state index in [1.165, 1.54) is 0 Å². The Kier molecular flexibility index (Phi) is 8.97. The average Bonchev–Trinajstić information content (AvgIpc) is 2.86. The van der Waals surface area contributed by atoms with Gasteiger partial charge < -0.3 is 14.5 Å². The highest BCUT2D eigenvalue weighted by Crippen LogP contribution is 2.51. The summed E-state index contributed by atoms with van der Waals surface area (Å²) in [5.41, 5.74) is 1.79. The topological polar surface area (TPSA) is 64.6 Å². The standard InChI is InChI=1S/C31H39NO4Si/c1-30(2,3)37(31(4,5)6,26-20-14-9-15-21-26)36-28(33)27(22-24-16-10-7-11-17-24)32-29(34)35-23-25-18-12-8-13-19-25/h7-21,27H,22-23H2,1-6H3,(H,32,34)/t27-/m0/s1. The van der Waals surface area contributed by atoms with E-state index in [1.807, 2.05) is 78.9 Å². The van der Waals surface area contributed by atoms with Crippen molar-refractivity contribution in [2.75, 3.05) is 0 Å². The van der Waals surface area contributed by atoms with Gasteiger partial charge in [-0.15, -0.1) is 0 Å². The van der Waals surface area contributed by atoms with Crippen molar-refractivity contribution >= 4 is 25.6 Å². The number of ether oxygens (including phenoxy) is 1. The minimum atomic E-state index is -2.98. The summed E-state index contributed by atoms with van der Waals surface area (Å²) in [5, 5.41) is 3.22. The van der Waals surface area contributed by atoms with E-state index in [4.69, 9.17) is 9.16 Å². The molecule has 37 heavy (non-hydrogen) atoms.